The number of hydrogen-bond donors (Lipinski definition) is 1. The van der Waals surface area contributed by atoms with Crippen LogP contribution in [-0.4, -0.2) is 27.3 Å². The Balaban J connectivity index is 1.35. The fraction of sp³-hybridized carbons (Fsp3) is 0.333. The average molecular weight is 419 g/mol. The Hall–Kier alpha value is -2.98. The number of para-hydroxylation sites is 1. The summed E-state index contributed by atoms with van der Waals surface area (Å²) in [7, 11) is 3.50. The van der Waals surface area contributed by atoms with Crippen LogP contribution in [0.25, 0.3) is 0 Å². The molecule has 3 aromatic rings. The summed E-state index contributed by atoms with van der Waals surface area (Å²) in [4.78, 5) is 1.60. The molecule has 4 rings (SSSR count). The zero-order chi connectivity index (χ0) is 21.5. The minimum atomic E-state index is 0.561. The highest BCUT2D eigenvalue weighted by Gasteiger charge is 2.26. The highest BCUT2D eigenvalue weighted by molar-refractivity contribution is 5.40. The SMILES string of the molecule is COc1cc(OCc2ccccc2)ccc1C[NH+]1CCC(c2ccccc2OC)CC1. The third kappa shape index (κ3) is 5.39. The topological polar surface area (TPSA) is 32.1 Å². The Morgan fingerprint density at radius 2 is 1.52 bits per heavy atom. The molecule has 0 aliphatic carbocycles. The lowest BCUT2D eigenvalue weighted by atomic mass is 9.88. The molecular formula is C27H32NO3+. The van der Waals surface area contributed by atoms with Crippen molar-refractivity contribution in [3.8, 4) is 17.2 Å². The van der Waals surface area contributed by atoms with Gasteiger partial charge in [0.15, 0.2) is 0 Å². The van der Waals surface area contributed by atoms with Gasteiger partial charge in [0.05, 0.1) is 27.3 Å². The molecule has 1 aliphatic heterocycles. The van der Waals surface area contributed by atoms with Gasteiger partial charge in [-0.3, -0.25) is 0 Å². The van der Waals surface area contributed by atoms with E-state index in [1.54, 1.807) is 19.1 Å². The van der Waals surface area contributed by atoms with Crippen LogP contribution >= 0.6 is 0 Å². The summed E-state index contributed by atoms with van der Waals surface area (Å²) >= 11 is 0. The number of piperidine rings is 1. The zero-order valence-electron chi connectivity index (χ0n) is 18.5. The summed E-state index contributed by atoms with van der Waals surface area (Å²) in [6.45, 7) is 3.84. The first kappa shape index (κ1) is 21.3. The maximum Gasteiger partial charge on any atom is 0.131 e. The summed E-state index contributed by atoms with van der Waals surface area (Å²) in [6.07, 6.45) is 2.35. The van der Waals surface area contributed by atoms with E-state index in [2.05, 4.69) is 42.5 Å². The van der Waals surface area contributed by atoms with Gasteiger partial charge in [-0.25, -0.2) is 0 Å². The van der Waals surface area contributed by atoms with Crippen LogP contribution in [0.5, 0.6) is 17.2 Å². The van der Waals surface area contributed by atoms with Crippen molar-refractivity contribution in [3.63, 3.8) is 0 Å². The minimum absolute atomic E-state index is 0.561. The molecule has 3 aromatic carbocycles. The van der Waals surface area contributed by atoms with E-state index >= 15 is 0 Å². The number of benzene rings is 3. The number of nitrogens with one attached hydrogen (secondary N) is 1. The van der Waals surface area contributed by atoms with Crippen LogP contribution in [0.15, 0.2) is 72.8 Å². The van der Waals surface area contributed by atoms with Gasteiger partial charge in [-0.15, -0.1) is 0 Å². The Morgan fingerprint density at radius 1 is 0.806 bits per heavy atom. The van der Waals surface area contributed by atoms with Gasteiger partial charge in [-0.2, -0.15) is 0 Å². The maximum atomic E-state index is 5.97. The van der Waals surface area contributed by atoms with Crippen molar-refractivity contribution in [3.05, 3.63) is 89.5 Å². The molecule has 4 nitrogen and oxygen atoms in total. The van der Waals surface area contributed by atoms with Crippen molar-refractivity contribution in [1.29, 1.82) is 0 Å². The Labute approximate surface area is 185 Å². The molecule has 1 saturated heterocycles. The Morgan fingerprint density at radius 3 is 2.26 bits per heavy atom. The molecule has 0 amide bonds. The standard InChI is InChI=1S/C27H31NO3/c1-29-26-11-7-6-10-25(26)22-14-16-28(17-15-22)19-23-12-13-24(18-27(23)30-2)31-20-21-8-4-3-5-9-21/h3-13,18,22H,14-17,19-20H2,1-2H3/p+1. The van der Waals surface area contributed by atoms with Gasteiger partial charge < -0.3 is 19.1 Å². The Bertz CT molecular complexity index is 965. The van der Waals surface area contributed by atoms with Crippen LogP contribution in [0.1, 0.15) is 35.4 Å². The van der Waals surface area contributed by atoms with E-state index < -0.39 is 0 Å². The Kier molecular flexibility index (Phi) is 7.11. The molecule has 1 heterocycles. The van der Waals surface area contributed by atoms with Crippen LogP contribution in [0.4, 0.5) is 0 Å². The number of likely N-dealkylation sites (tertiary alicyclic amines) is 1. The van der Waals surface area contributed by atoms with Crippen LogP contribution < -0.4 is 19.1 Å². The molecule has 0 unspecified atom stereocenters. The van der Waals surface area contributed by atoms with Crippen molar-refractivity contribution < 1.29 is 19.1 Å². The van der Waals surface area contributed by atoms with E-state index in [-0.39, 0.29) is 0 Å². The second-order valence-corrected chi connectivity index (χ2v) is 8.19. The molecule has 1 fully saturated rings. The monoisotopic (exact) mass is 418 g/mol. The quantitative estimate of drug-likeness (QED) is 0.594. The second kappa shape index (κ2) is 10.4. The van der Waals surface area contributed by atoms with E-state index in [1.165, 1.54) is 24.0 Å². The van der Waals surface area contributed by atoms with E-state index in [4.69, 9.17) is 14.2 Å². The maximum absolute atomic E-state index is 5.97. The summed E-state index contributed by atoms with van der Waals surface area (Å²) in [5.74, 6) is 3.35. The first-order valence-corrected chi connectivity index (χ1v) is 11.1. The molecule has 1 aliphatic rings. The normalized spacial score (nSPS) is 18.4. The highest BCUT2D eigenvalue weighted by Crippen LogP contribution is 2.32. The first-order chi connectivity index (χ1) is 15.3. The van der Waals surface area contributed by atoms with E-state index in [0.29, 0.717) is 12.5 Å². The van der Waals surface area contributed by atoms with Crippen LogP contribution in [0.3, 0.4) is 0 Å². The van der Waals surface area contributed by atoms with Gasteiger partial charge in [0, 0.05) is 24.5 Å². The predicted octanol–water partition coefficient (Wildman–Crippen LogP) is 4.25. The predicted molar refractivity (Wildman–Crippen MR) is 123 cm³/mol. The summed E-state index contributed by atoms with van der Waals surface area (Å²) in [6, 6.07) is 24.9. The summed E-state index contributed by atoms with van der Waals surface area (Å²) < 4.78 is 17.2. The van der Waals surface area contributed by atoms with Crippen molar-refractivity contribution >= 4 is 0 Å². The third-order valence-corrected chi connectivity index (χ3v) is 6.22. The second-order valence-electron chi connectivity index (χ2n) is 8.19. The molecule has 0 aromatic heterocycles. The zero-order valence-corrected chi connectivity index (χ0v) is 18.5. The number of quaternary nitrogens is 1. The van der Waals surface area contributed by atoms with E-state index in [1.807, 2.05) is 30.3 Å². The first-order valence-electron chi connectivity index (χ1n) is 11.1. The van der Waals surface area contributed by atoms with Crippen LogP contribution in [0, 0.1) is 0 Å². The molecule has 0 atom stereocenters. The van der Waals surface area contributed by atoms with Gasteiger partial charge in [0.1, 0.15) is 30.4 Å². The van der Waals surface area contributed by atoms with Crippen molar-refractivity contribution in [2.24, 2.45) is 0 Å². The van der Waals surface area contributed by atoms with Crippen molar-refractivity contribution in [2.45, 2.75) is 31.9 Å². The van der Waals surface area contributed by atoms with Crippen LogP contribution in [-0.2, 0) is 13.2 Å². The third-order valence-electron chi connectivity index (χ3n) is 6.22. The largest absolute Gasteiger partial charge is 0.496 e. The lowest BCUT2D eigenvalue weighted by Gasteiger charge is -2.30. The van der Waals surface area contributed by atoms with Gasteiger partial charge >= 0.3 is 0 Å². The van der Waals surface area contributed by atoms with E-state index in [9.17, 15) is 0 Å². The molecule has 4 heteroatoms. The molecule has 0 saturated carbocycles. The number of hydrogen-bond acceptors (Lipinski definition) is 3. The van der Waals surface area contributed by atoms with Gasteiger partial charge in [0.2, 0.25) is 0 Å². The average Bonchev–Trinajstić information content (AvgIpc) is 2.84. The smallest absolute Gasteiger partial charge is 0.131 e. The molecule has 0 spiro atoms. The number of rotatable bonds is 8. The van der Waals surface area contributed by atoms with E-state index in [0.717, 1.165) is 42.4 Å². The van der Waals surface area contributed by atoms with Crippen molar-refractivity contribution in [1.82, 2.24) is 0 Å². The summed E-state index contributed by atoms with van der Waals surface area (Å²) in [5, 5.41) is 0. The fourth-order valence-corrected chi connectivity index (χ4v) is 4.49. The highest BCUT2D eigenvalue weighted by atomic mass is 16.5. The summed E-state index contributed by atoms with van der Waals surface area (Å²) in [5.41, 5.74) is 3.75. The van der Waals surface area contributed by atoms with Gasteiger partial charge in [-0.05, 0) is 35.2 Å². The lowest BCUT2D eigenvalue weighted by molar-refractivity contribution is -0.919. The molecule has 31 heavy (non-hydrogen) atoms. The number of ether oxygens (including phenoxy) is 3. The molecule has 0 bridgehead atoms. The van der Waals surface area contributed by atoms with Gasteiger partial charge in [0.25, 0.3) is 0 Å². The van der Waals surface area contributed by atoms with Gasteiger partial charge in [-0.1, -0.05) is 48.5 Å². The molecule has 1 N–H and O–H groups in total. The minimum Gasteiger partial charge on any atom is -0.496 e. The number of methoxy groups -OCH3 is 2. The lowest BCUT2D eigenvalue weighted by Crippen LogP contribution is -3.11. The fourth-order valence-electron chi connectivity index (χ4n) is 4.49. The molecule has 162 valence electrons. The van der Waals surface area contributed by atoms with Crippen LogP contribution in [0.2, 0.25) is 0 Å². The van der Waals surface area contributed by atoms with Crippen molar-refractivity contribution in [2.75, 3.05) is 27.3 Å². The molecular weight excluding hydrogens is 386 g/mol. The molecule has 0 radical (unpaired) electrons.